The van der Waals surface area contributed by atoms with E-state index in [1.165, 1.54) is 0 Å². The molecular formula is C27H34O9S2. The van der Waals surface area contributed by atoms with Gasteiger partial charge in [0.15, 0.2) is 6.29 Å². The average molecular weight is 567 g/mol. The quantitative estimate of drug-likeness (QED) is 0.105. The van der Waals surface area contributed by atoms with E-state index in [9.17, 15) is 21.9 Å². The van der Waals surface area contributed by atoms with Crippen LogP contribution in [0.1, 0.15) is 29.5 Å². The van der Waals surface area contributed by atoms with Crippen molar-refractivity contribution >= 4 is 20.2 Å². The van der Waals surface area contributed by atoms with Crippen LogP contribution >= 0.6 is 0 Å². The first-order chi connectivity index (χ1) is 17.9. The van der Waals surface area contributed by atoms with E-state index in [-0.39, 0.29) is 13.2 Å². The van der Waals surface area contributed by atoms with Gasteiger partial charge in [0.05, 0.1) is 25.7 Å². The Hall–Kier alpha value is -2.64. The Morgan fingerprint density at radius 3 is 1.47 bits per heavy atom. The highest BCUT2D eigenvalue weighted by atomic mass is 32.2. The molecule has 208 valence electrons. The van der Waals surface area contributed by atoms with Gasteiger partial charge < -0.3 is 14.6 Å². The van der Waals surface area contributed by atoms with Crippen molar-refractivity contribution in [2.75, 3.05) is 32.3 Å². The van der Waals surface area contributed by atoms with Crippen molar-refractivity contribution in [2.45, 2.75) is 24.7 Å². The zero-order valence-electron chi connectivity index (χ0n) is 21.3. The third-order valence-electron chi connectivity index (χ3n) is 5.15. The summed E-state index contributed by atoms with van der Waals surface area (Å²) in [6, 6.07) is 30.2. The van der Waals surface area contributed by atoms with Crippen LogP contribution < -0.4 is 0 Å². The number of aliphatic hydroxyl groups excluding tert-OH is 1. The summed E-state index contributed by atoms with van der Waals surface area (Å²) < 4.78 is 64.3. The van der Waals surface area contributed by atoms with Crippen molar-refractivity contribution < 1.29 is 40.2 Å². The lowest BCUT2D eigenvalue weighted by molar-refractivity contribution is -0.113. The van der Waals surface area contributed by atoms with Crippen LogP contribution in [-0.4, -0.2) is 65.1 Å². The fraction of sp³-hybridized carbons (Fsp3) is 0.333. The van der Waals surface area contributed by atoms with Gasteiger partial charge >= 0.3 is 0 Å². The molecule has 0 aliphatic rings. The van der Waals surface area contributed by atoms with Crippen LogP contribution in [0.3, 0.4) is 0 Å². The van der Waals surface area contributed by atoms with E-state index < -0.39 is 32.1 Å². The molecule has 1 atom stereocenters. The Bertz CT molecular complexity index is 1180. The van der Waals surface area contributed by atoms with Gasteiger partial charge in [-0.1, -0.05) is 91.0 Å². The van der Waals surface area contributed by atoms with E-state index in [4.69, 9.17) is 14.0 Å². The number of hydrogen-bond acceptors (Lipinski definition) is 8. The first kappa shape index (κ1) is 31.6. The second-order valence-corrected chi connectivity index (χ2v) is 11.5. The van der Waals surface area contributed by atoms with Crippen LogP contribution in [0.4, 0.5) is 0 Å². The van der Waals surface area contributed by atoms with Crippen molar-refractivity contribution in [2.24, 2.45) is 0 Å². The van der Waals surface area contributed by atoms with Crippen molar-refractivity contribution in [1.82, 2.24) is 0 Å². The molecule has 0 spiro atoms. The Morgan fingerprint density at radius 1 is 0.711 bits per heavy atom. The van der Waals surface area contributed by atoms with Gasteiger partial charge in [-0.3, -0.25) is 8.74 Å². The molecular weight excluding hydrogens is 532 g/mol. The zero-order valence-corrected chi connectivity index (χ0v) is 23.0. The van der Waals surface area contributed by atoms with Crippen LogP contribution in [0.2, 0.25) is 0 Å². The van der Waals surface area contributed by atoms with Crippen molar-refractivity contribution in [3.8, 4) is 0 Å². The highest BCUT2D eigenvalue weighted by Crippen LogP contribution is 2.40. The van der Waals surface area contributed by atoms with Gasteiger partial charge in [0.25, 0.3) is 20.2 Å². The summed E-state index contributed by atoms with van der Waals surface area (Å²) in [5, 5.41) is 10.1. The largest absolute Gasteiger partial charge is 0.368 e. The van der Waals surface area contributed by atoms with E-state index in [2.05, 4.69) is 40.6 Å². The zero-order chi connectivity index (χ0) is 28.1. The first-order valence-electron chi connectivity index (χ1n) is 11.8. The predicted molar refractivity (Wildman–Crippen MR) is 145 cm³/mol. The lowest BCUT2D eigenvalue weighted by Gasteiger charge is -2.36. The van der Waals surface area contributed by atoms with E-state index in [1.54, 1.807) is 0 Å². The fourth-order valence-corrected chi connectivity index (χ4v) is 4.08. The molecule has 0 heterocycles. The average Bonchev–Trinajstić information content (AvgIpc) is 2.87. The van der Waals surface area contributed by atoms with Crippen LogP contribution in [0.25, 0.3) is 0 Å². The number of ether oxygens (including phenoxy) is 2. The minimum absolute atomic E-state index is 0.0168. The van der Waals surface area contributed by atoms with Gasteiger partial charge in [0, 0.05) is 13.0 Å². The standard InChI is InChI=1S/C26H30O6S.CH4O3S/c1-33(28,29)32-21-20-30-25(27)18-11-19-31-26(22-12-5-2-6-13-22,23-14-7-3-8-15-23)24-16-9-4-10-17-24;1-5(2,3)4/h2-10,12-17,25,27H,11,18-21H2,1H3;1H3,(H,2,3,4). The minimum atomic E-state index is -3.67. The molecule has 0 bridgehead atoms. The lowest BCUT2D eigenvalue weighted by Crippen LogP contribution is -2.33. The van der Waals surface area contributed by atoms with Gasteiger partial charge in [0.2, 0.25) is 0 Å². The maximum atomic E-state index is 11.0. The minimum Gasteiger partial charge on any atom is -0.368 e. The van der Waals surface area contributed by atoms with E-state index >= 15 is 0 Å². The Morgan fingerprint density at radius 2 is 1.11 bits per heavy atom. The highest BCUT2D eigenvalue weighted by Gasteiger charge is 2.37. The van der Waals surface area contributed by atoms with E-state index in [0.717, 1.165) is 22.9 Å². The molecule has 9 nitrogen and oxygen atoms in total. The van der Waals surface area contributed by atoms with Crippen LogP contribution in [0.15, 0.2) is 91.0 Å². The Labute approximate surface area is 224 Å². The fourth-order valence-electron chi connectivity index (χ4n) is 3.70. The Balaban J connectivity index is 0.000000926. The van der Waals surface area contributed by atoms with Crippen molar-refractivity contribution in [1.29, 1.82) is 0 Å². The third kappa shape index (κ3) is 11.4. The summed E-state index contributed by atoms with van der Waals surface area (Å²) in [6.45, 7) is 0.224. The molecule has 11 heteroatoms. The third-order valence-corrected chi connectivity index (χ3v) is 5.74. The topological polar surface area (TPSA) is 136 Å². The summed E-state index contributed by atoms with van der Waals surface area (Å²) in [5.74, 6) is 0. The van der Waals surface area contributed by atoms with Gasteiger partial charge in [-0.2, -0.15) is 16.8 Å². The van der Waals surface area contributed by atoms with Crippen molar-refractivity contribution in [3.63, 3.8) is 0 Å². The summed E-state index contributed by atoms with van der Waals surface area (Å²) in [6.07, 6.45) is 1.54. The molecule has 3 rings (SSSR count). The van der Waals surface area contributed by atoms with Gasteiger partial charge in [0.1, 0.15) is 5.60 Å². The number of hydrogen-bond donors (Lipinski definition) is 2. The first-order valence-corrected chi connectivity index (χ1v) is 15.5. The van der Waals surface area contributed by atoms with Gasteiger partial charge in [-0.15, -0.1) is 0 Å². The maximum Gasteiger partial charge on any atom is 0.264 e. The predicted octanol–water partition coefficient (Wildman–Crippen LogP) is 3.59. The summed E-state index contributed by atoms with van der Waals surface area (Å²) in [4.78, 5) is 0. The normalized spacial score (nSPS) is 12.8. The molecule has 38 heavy (non-hydrogen) atoms. The highest BCUT2D eigenvalue weighted by molar-refractivity contribution is 7.86. The van der Waals surface area contributed by atoms with E-state index in [0.29, 0.717) is 25.7 Å². The molecule has 0 saturated carbocycles. The molecule has 3 aromatic carbocycles. The molecule has 0 aromatic heterocycles. The summed E-state index contributed by atoms with van der Waals surface area (Å²) >= 11 is 0. The van der Waals surface area contributed by atoms with Gasteiger partial charge in [-0.25, -0.2) is 0 Å². The summed E-state index contributed by atoms with van der Waals surface area (Å²) in [7, 11) is -7.19. The molecule has 0 amide bonds. The van der Waals surface area contributed by atoms with Crippen LogP contribution in [-0.2, 0) is 39.5 Å². The molecule has 0 saturated heterocycles. The molecule has 1 unspecified atom stereocenters. The molecule has 2 N–H and O–H groups in total. The smallest absolute Gasteiger partial charge is 0.264 e. The molecule has 0 aliphatic heterocycles. The van der Waals surface area contributed by atoms with Gasteiger partial charge in [-0.05, 0) is 23.1 Å². The summed E-state index contributed by atoms with van der Waals surface area (Å²) in [5.41, 5.74) is 2.23. The van der Waals surface area contributed by atoms with Crippen LogP contribution in [0, 0.1) is 0 Å². The lowest BCUT2D eigenvalue weighted by atomic mass is 9.80. The Kier molecular flexibility index (Phi) is 12.5. The van der Waals surface area contributed by atoms with Crippen molar-refractivity contribution in [3.05, 3.63) is 108 Å². The second kappa shape index (κ2) is 15.1. The molecule has 0 fully saturated rings. The second-order valence-electron chi connectivity index (χ2n) is 8.35. The number of rotatable bonds is 13. The molecule has 0 aliphatic carbocycles. The monoisotopic (exact) mass is 566 g/mol. The molecule has 3 aromatic rings. The number of benzene rings is 3. The maximum absolute atomic E-state index is 11.0. The van der Waals surface area contributed by atoms with E-state index in [1.807, 2.05) is 54.6 Å². The SMILES string of the molecule is CS(=O)(=O)O.CS(=O)(=O)OCCOC(O)CCCOC(c1ccccc1)(c1ccccc1)c1ccccc1. The van der Waals surface area contributed by atoms with Crippen LogP contribution in [0.5, 0.6) is 0 Å². The number of aliphatic hydroxyl groups is 1. The molecule has 0 radical (unpaired) electrons.